The summed E-state index contributed by atoms with van der Waals surface area (Å²) in [5.74, 6) is 0.357. The molecule has 0 spiro atoms. The van der Waals surface area contributed by atoms with Crippen LogP contribution < -0.4 is 0 Å². The van der Waals surface area contributed by atoms with Gasteiger partial charge in [-0.1, -0.05) is 38.0 Å². The van der Waals surface area contributed by atoms with E-state index in [0.717, 1.165) is 38.4 Å². The van der Waals surface area contributed by atoms with E-state index in [-0.39, 0.29) is 29.3 Å². The van der Waals surface area contributed by atoms with Gasteiger partial charge in [0.25, 0.3) is 0 Å². The summed E-state index contributed by atoms with van der Waals surface area (Å²) in [5.41, 5.74) is 3.22. The molecule has 4 nitrogen and oxygen atoms in total. The molecule has 0 aromatic rings. The molecular weight excluding hydrogens is 316 g/mol. The minimum atomic E-state index is -0.704. The topological polar surface area (TPSA) is 66.8 Å². The average Bonchev–Trinajstić information content (AvgIpc) is 2.91. The lowest BCUT2D eigenvalue weighted by Gasteiger charge is -2.52. The number of carbonyl (C=O) groups excluding carboxylic acids is 1. The Bertz CT molecular complexity index is 607. The van der Waals surface area contributed by atoms with Gasteiger partial charge in [0.05, 0.1) is 6.10 Å². The monoisotopic (exact) mass is 348 g/mol. The number of fused-ring (bicyclic) bond motifs is 3. The zero-order valence-corrected chi connectivity index (χ0v) is 15.9. The predicted molar refractivity (Wildman–Crippen MR) is 97.0 cm³/mol. The van der Waals surface area contributed by atoms with Crippen LogP contribution in [0.3, 0.4) is 0 Å². The summed E-state index contributed by atoms with van der Waals surface area (Å²) in [6.07, 6.45) is 6.43. The van der Waals surface area contributed by atoms with Crippen molar-refractivity contribution in [1.29, 1.82) is 0 Å². The Morgan fingerprint density at radius 2 is 2.08 bits per heavy atom. The number of carbonyl (C=O) groups is 1. The summed E-state index contributed by atoms with van der Waals surface area (Å²) >= 11 is 0. The normalized spacial score (nSPS) is 42.3. The molecule has 3 rings (SSSR count). The molecule has 3 aliphatic rings. The number of aliphatic hydroxyl groups excluding tert-OH is 2. The van der Waals surface area contributed by atoms with Crippen LogP contribution in [0.4, 0.5) is 0 Å². The highest BCUT2D eigenvalue weighted by molar-refractivity contribution is 5.75. The minimum absolute atomic E-state index is 0.157. The fraction of sp³-hybridized carbons (Fsp3) is 0.762. The molecule has 0 aromatic carbocycles. The number of hydrogen-bond donors (Lipinski definition) is 2. The van der Waals surface area contributed by atoms with E-state index < -0.39 is 12.2 Å². The van der Waals surface area contributed by atoms with Gasteiger partial charge >= 0.3 is 0 Å². The Hall–Kier alpha value is -0.970. The van der Waals surface area contributed by atoms with E-state index in [0.29, 0.717) is 5.57 Å². The first-order valence-corrected chi connectivity index (χ1v) is 9.52. The molecular formula is C21H32O4. The van der Waals surface area contributed by atoms with Crippen LogP contribution in [0.5, 0.6) is 0 Å². The fourth-order valence-electron chi connectivity index (χ4n) is 5.66. The molecule has 1 fully saturated rings. The van der Waals surface area contributed by atoms with Crippen LogP contribution >= 0.6 is 0 Å². The zero-order valence-electron chi connectivity index (χ0n) is 15.9. The van der Waals surface area contributed by atoms with Crippen LogP contribution in [0.25, 0.3) is 0 Å². The van der Waals surface area contributed by atoms with Crippen molar-refractivity contribution in [2.45, 2.75) is 65.1 Å². The second kappa shape index (κ2) is 6.64. The summed E-state index contributed by atoms with van der Waals surface area (Å²) in [4.78, 5) is 11.5. The highest BCUT2D eigenvalue weighted by atomic mass is 16.5. The lowest BCUT2D eigenvalue weighted by Crippen LogP contribution is -2.51. The van der Waals surface area contributed by atoms with Crippen LogP contribution in [0.1, 0.15) is 52.9 Å². The molecule has 0 bridgehead atoms. The van der Waals surface area contributed by atoms with Crippen molar-refractivity contribution in [3.8, 4) is 0 Å². The molecule has 1 saturated carbocycles. The number of rotatable bonds is 4. The molecule has 0 heterocycles. The summed E-state index contributed by atoms with van der Waals surface area (Å²) in [5, 5.41) is 20.9. The molecule has 25 heavy (non-hydrogen) atoms. The number of ether oxygens (including phenoxy) is 1. The maximum atomic E-state index is 11.5. The minimum Gasteiger partial charge on any atom is -0.396 e. The number of methoxy groups -OCH3 is 1. The van der Waals surface area contributed by atoms with Gasteiger partial charge < -0.3 is 14.9 Å². The maximum Gasteiger partial charge on any atom is 0.148 e. The van der Waals surface area contributed by atoms with E-state index in [9.17, 15) is 15.0 Å². The number of aliphatic hydroxyl groups is 2. The Morgan fingerprint density at radius 1 is 1.36 bits per heavy atom. The van der Waals surface area contributed by atoms with Crippen molar-refractivity contribution in [3.05, 3.63) is 22.8 Å². The van der Waals surface area contributed by atoms with E-state index in [1.807, 2.05) is 6.08 Å². The molecule has 4 heteroatoms. The highest BCUT2D eigenvalue weighted by Gasteiger charge is 2.56. The largest absolute Gasteiger partial charge is 0.396 e. The molecule has 0 amide bonds. The molecule has 0 aliphatic heterocycles. The van der Waals surface area contributed by atoms with E-state index in [4.69, 9.17) is 4.74 Å². The van der Waals surface area contributed by atoms with Crippen LogP contribution in [0.2, 0.25) is 0 Å². The third kappa shape index (κ3) is 2.73. The predicted octanol–water partition coefficient (Wildman–Crippen LogP) is 3.03. The molecule has 0 saturated heterocycles. The first-order chi connectivity index (χ1) is 11.8. The Morgan fingerprint density at radius 3 is 2.68 bits per heavy atom. The van der Waals surface area contributed by atoms with Crippen LogP contribution in [0.15, 0.2) is 22.8 Å². The first kappa shape index (κ1) is 18.8. The second-order valence-electron chi connectivity index (χ2n) is 8.80. The lowest BCUT2D eigenvalue weighted by molar-refractivity contribution is -0.112. The molecule has 6 atom stereocenters. The van der Waals surface area contributed by atoms with Crippen molar-refractivity contribution >= 4 is 6.29 Å². The van der Waals surface area contributed by atoms with Crippen LogP contribution in [-0.4, -0.2) is 42.4 Å². The van der Waals surface area contributed by atoms with Crippen molar-refractivity contribution in [2.75, 3.05) is 13.7 Å². The van der Waals surface area contributed by atoms with Crippen molar-refractivity contribution < 1.29 is 19.7 Å². The van der Waals surface area contributed by atoms with Gasteiger partial charge in [-0.05, 0) is 43.4 Å². The third-order valence-corrected chi connectivity index (χ3v) is 7.44. The number of aldehydes is 1. The van der Waals surface area contributed by atoms with Crippen LogP contribution in [0, 0.1) is 22.7 Å². The van der Waals surface area contributed by atoms with E-state index in [2.05, 4.69) is 20.8 Å². The smallest absolute Gasteiger partial charge is 0.148 e. The van der Waals surface area contributed by atoms with Gasteiger partial charge in [0, 0.05) is 30.6 Å². The average molecular weight is 348 g/mol. The molecule has 2 N–H and O–H groups in total. The standard InChI is InChI=1S/C21H32O4/c1-13(11-22)15-7-8-20(2)9-10-21(3)16(17(15)20)6-5-14(12-23)18(25-4)19(21)24/h5,12-13,16,18-19,22,24H,6-11H2,1-4H3. The molecule has 0 radical (unpaired) electrons. The zero-order chi connectivity index (χ0) is 18.4. The summed E-state index contributed by atoms with van der Waals surface area (Å²) < 4.78 is 5.53. The van der Waals surface area contributed by atoms with Gasteiger partial charge in [-0.2, -0.15) is 0 Å². The molecule has 3 aliphatic carbocycles. The number of hydrogen-bond acceptors (Lipinski definition) is 4. The van der Waals surface area contributed by atoms with Crippen LogP contribution in [-0.2, 0) is 9.53 Å². The summed E-state index contributed by atoms with van der Waals surface area (Å²) in [7, 11) is 1.57. The number of allylic oxidation sites excluding steroid dienone is 2. The third-order valence-electron chi connectivity index (χ3n) is 7.44. The Kier molecular flexibility index (Phi) is 5.00. The van der Waals surface area contributed by atoms with Gasteiger partial charge in [0.15, 0.2) is 0 Å². The Balaban J connectivity index is 2.13. The van der Waals surface area contributed by atoms with Crippen molar-refractivity contribution in [1.82, 2.24) is 0 Å². The van der Waals surface area contributed by atoms with Gasteiger partial charge in [-0.3, -0.25) is 4.79 Å². The van der Waals surface area contributed by atoms with Crippen molar-refractivity contribution in [3.63, 3.8) is 0 Å². The van der Waals surface area contributed by atoms with E-state index in [1.165, 1.54) is 11.1 Å². The molecule has 6 unspecified atom stereocenters. The molecule has 0 aromatic heterocycles. The Labute approximate surface area is 151 Å². The van der Waals surface area contributed by atoms with Gasteiger partial charge in [0.1, 0.15) is 12.4 Å². The van der Waals surface area contributed by atoms with Gasteiger partial charge in [-0.15, -0.1) is 0 Å². The summed E-state index contributed by atoms with van der Waals surface area (Å²) in [6.45, 7) is 6.76. The first-order valence-electron chi connectivity index (χ1n) is 9.52. The second-order valence-corrected chi connectivity index (χ2v) is 8.80. The lowest BCUT2D eigenvalue weighted by atomic mass is 9.54. The maximum absolute atomic E-state index is 11.5. The molecule has 140 valence electrons. The fourth-order valence-corrected chi connectivity index (χ4v) is 5.66. The SMILES string of the molecule is COC1C(C=O)=CCC2C3=C(C(C)CO)CCC3(C)CCC2(C)C1O. The summed E-state index contributed by atoms with van der Waals surface area (Å²) in [6, 6.07) is 0. The highest BCUT2D eigenvalue weighted by Crippen LogP contribution is 2.63. The van der Waals surface area contributed by atoms with Gasteiger partial charge in [-0.25, -0.2) is 0 Å². The van der Waals surface area contributed by atoms with E-state index in [1.54, 1.807) is 7.11 Å². The van der Waals surface area contributed by atoms with E-state index >= 15 is 0 Å². The quantitative estimate of drug-likeness (QED) is 0.605. The van der Waals surface area contributed by atoms with Gasteiger partial charge in [0.2, 0.25) is 0 Å². The van der Waals surface area contributed by atoms with Crippen molar-refractivity contribution in [2.24, 2.45) is 22.7 Å².